The van der Waals surface area contributed by atoms with Gasteiger partial charge < -0.3 is 34.0 Å². The Bertz CT molecular complexity index is 1130. The highest BCUT2D eigenvalue weighted by atomic mass is 127. The number of carboxylic acids is 1. The van der Waals surface area contributed by atoms with Crippen LogP contribution in [-0.4, -0.2) is 28.3 Å². The molecule has 2 rings (SSSR count). The third kappa shape index (κ3) is 9.80. The first-order valence-corrected chi connectivity index (χ1v) is 10.4. The lowest BCUT2D eigenvalue weighted by Crippen LogP contribution is -3.00. The molecule has 1 N–H and O–H groups in total. The van der Waals surface area contributed by atoms with Crippen molar-refractivity contribution in [3.63, 3.8) is 0 Å². The van der Waals surface area contributed by atoms with E-state index in [9.17, 15) is 20.1 Å². The highest BCUT2D eigenvalue weighted by molar-refractivity contribution is 5.77. The summed E-state index contributed by atoms with van der Waals surface area (Å²) < 4.78 is 1.75. The van der Waals surface area contributed by atoms with E-state index in [1.165, 1.54) is 0 Å². The molecule has 0 aromatic carbocycles. The molecule has 34 heavy (non-hydrogen) atoms. The zero-order chi connectivity index (χ0) is 24.1. The van der Waals surface area contributed by atoms with Gasteiger partial charge >= 0.3 is 5.97 Å². The van der Waals surface area contributed by atoms with Crippen molar-refractivity contribution in [2.75, 3.05) is 6.54 Å². The second-order valence-corrected chi connectivity index (χ2v) is 7.21. The molecule has 174 valence electrons. The average Bonchev–Trinajstić information content (AvgIpc) is 2.82. The SMILES string of the molecule is CC(=O)CCN1C=CC(=C(C#N)/C=C/C=C/C=C(\C#N)c2cc[n+](CCC(=O)O)cc2)C=C1.[I-]. The van der Waals surface area contributed by atoms with Crippen molar-refractivity contribution in [1.82, 2.24) is 4.90 Å². The van der Waals surface area contributed by atoms with Crippen molar-refractivity contribution in [3.8, 4) is 12.1 Å². The Kier molecular flexibility index (Phi) is 12.6. The summed E-state index contributed by atoms with van der Waals surface area (Å²) in [6, 6.07) is 7.85. The molecule has 1 aliphatic heterocycles. The second kappa shape index (κ2) is 15.1. The minimum absolute atomic E-state index is 0. The highest BCUT2D eigenvalue weighted by Crippen LogP contribution is 2.15. The van der Waals surface area contributed by atoms with Crippen molar-refractivity contribution in [3.05, 3.63) is 96.2 Å². The van der Waals surface area contributed by atoms with E-state index < -0.39 is 5.97 Å². The molecule has 7 nitrogen and oxygen atoms in total. The van der Waals surface area contributed by atoms with Gasteiger partial charge in [0.1, 0.15) is 12.2 Å². The molecule has 2 heterocycles. The first-order chi connectivity index (χ1) is 15.9. The predicted octanol–water partition coefficient (Wildman–Crippen LogP) is 0.614. The zero-order valence-corrected chi connectivity index (χ0v) is 20.9. The molecule has 0 radical (unpaired) electrons. The summed E-state index contributed by atoms with van der Waals surface area (Å²) >= 11 is 0. The van der Waals surface area contributed by atoms with Gasteiger partial charge in [-0.05, 0) is 36.8 Å². The quantitative estimate of drug-likeness (QED) is 0.192. The van der Waals surface area contributed by atoms with Gasteiger partial charge in [-0.25, -0.2) is 4.57 Å². The van der Waals surface area contributed by atoms with Crippen LogP contribution in [0.1, 0.15) is 25.3 Å². The van der Waals surface area contributed by atoms with Crippen LogP contribution in [0.15, 0.2) is 90.6 Å². The summed E-state index contributed by atoms with van der Waals surface area (Å²) in [5.74, 6) is -0.731. The number of nitriles is 2. The molecule has 0 amide bonds. The van der Waals surface area contributed by atoms with Gasteiger partial charge in [-0.15, -0.1) is 0 Å². The third-order valence-electron chi connectivity index (χ3n) is 4.70. The number of ketones is 1. The molecule has 0 unspecified atom stereocenters. The summed E-state index contributed by atoms with van der Waals surface area (Å²) in [5.41, 5.74) is 2.46. The molecule has 0 saturated heterocycles. The standard InChI is InChI=1S/C26H24N4O3.HI/c1-21(31)7-13-29-14-8-22(9-15-29)24(19-27)5-3-2-4-6-25(20-28)23-10-16-30(17-11-23)18-12-26(32)33;/h2-6,8-11,14-17H,7,12-13,18H2,1H3;1H. The molecule has 0 bridgehead atoms. The number of nitrogens with zero attached hydrogens (tertiary/aromatic N) is 4. The van der Waals surface area contributed by atoms with Crippen LogP contribution in [0.3, 0.4) is 0 Å². The minimum atomic E-state index is -0.861. The third-order valence-corrected chi connectivity index (χ3v) is 4.70. The van der Waals surface area contributed by atoms with E-state index in [0.29, 0.717) is 30.7 Å². The number of carbonyl (C=O) groups is 2. The smallest absolute Gasteiger partial charge is 0.309 e. The van der Waals surface area contributed by atoms with E-state index >= 15 is 0 Å². The first kappa shape index (κ1) is 28.3. The lowest BCUT2D eigenvalue weighted by molar-refractivity contribution is -0.696. The maximum absolute atomic E-state index is 11.1. The number of rotatable bonds is 10. The second-order valence-electron chi connectivity index (χ2n) is 7.21. The Labute approximate surface area is 216 Å². The van der Waals surface area contributed by atoms with Gasteiger partial charge in [0.15, 0.2) is 18.9 Å². The topological polar surface area (TPSA) is 109 Å². The number of hydrogen-bond donors (Lipinski definition) is 1. The number of allylic oxidation sites excluding steroid dienone is 10. The van der Waals surface area contributed by atoms with E-state index in [2.05, 4.69) is 12.1 Å². The van der Waals surface area contributed by atoms with E-state index in [1.807, 2.05) is 29.5 Å². The van der Waals surface area contributed by atoms with Gasteiger partial charge in [0.2, 0.25) is 0 Å². The summed E-state index contributed by atoms with van der Waals surface area (Å²) in [6.45, 7) is 2.53. The van der Waals surface area contributed by atoms with E-state index in [4.69, 9.17) is 5.11 Å². The van der Waals surface area contributed by atoms with E-state index in [1.54, 1.807) is 66.4 Å². The summed E-state index contributed by atoms with van der Waals surface area (Å²) in [5, 5.41) is 27.6. The van der Waals surface area contributed by atoms with Gasteiger partial charge in [0.25, 0.3) is 0 Å². The molecule has 0 atom stereocenters. The fourth-order valence-electron chi connectivity index (χ4n) is 2.85. The molecule has 1 aromatic heterocycles. The number of aryl methyl sites for hydroxylation is 1. The Morgan fingerprint density at radius 3 is 2.29 bits per heavy atom. The Morgan fingerprint density at radius 1 is 1.06 bits per heavy atom. The van der Waals surface area contributed by atoms with Crippen LogP contribution in [0, 0.1) is 22.7 Å². The van der Waals surface area contributed by atoms with Crippen LogP contribution < -0.4 is 28.5 Å². The molecule has 0 spiro atoms. The normalized spacial score (nSPS) is 13.0. The van der Waals surface area contributed by atoms with Crippen LogP contribution in [0.2, 0.25) is 0 Å². The zero-order valence-electron chi connectivity index (χ0n) is 18.8. The van der Waals surface area contributed by atoms with E-state index in [-0.39, 0.29) is 36.2 Å². The van der Waals surface area contributed by atoms with E-state index in [0.717, 1.165) is 11.1 Å². The molecule has 8 heteroatoms. The molecule has 0 aliphatic carbocycles. The number of halogens is 1. The number of aliphatic carboxylic acids is 1. The first-order valence-electron chi connectivity index (χ1n) is 10.4. The number of pyridine rings is 1. The Hall–Kier alpha value is -3.76. The van der Waals surface area contributed by atoms with Crippen LogP contribution in [0.5, 0.6) is 0 Å². The van der Waals surface area contributed by atoms with Crippen LogP contribution >= 0.6 is 0 Å². The molecule has 1 aromatic rings. The molecular formula is C26H25IN4O3. The molecular weight excluding hydrogens is 543 g/mol. The van der Waals surface area contributed by atoms with Crippen molar-refractivity contribution >= 4 is 17.3 Å². The maximum Gasteiger partial charge on any atom is 0.309 e. The summed E-state index contributed by atoms with van der Waals surface area (Å²) in [7, 11) is 0. The minimum Gasteiger partial charge on any atom is -1.00 e. The fraction of sp³-hybridized carbons (Fsp3) is 0.192. The van der Waals surface area contributed by atoms with Crippen molar-refractivity contribution < 1.29 is 43.2 Å². The van der Waals surface area contributed by atoms with Crippen molar-refractivity contribution in [2.24, 2.45) is 0 Å². The lowest BCUT2D eigenvalue weighted by Gasteiger charge is -2.18. The van der Waals surface area contributed by atoms with Gasteiger partial charge in [-0.2, -0.15) is 10.5 Å². The van der Waals surface area contributed by atoms with Crippen LogP contribution in [0.25, 0.3) is 5.57 Å². The number of aromatic nitrogens is 1. The predicted molar refractivity (Wildman–Crippen MR) is 124 cm³/mol. The monoisotopic (exact) mass is 568 g/mol. The van der Waals surface area contributed by atoms with Crippen LogP contribution in [0.4, 0.5) is 0 Å². The number of carboxylic acid groups (broad SMARTS) is 1. The average molecular weight is 568 g/mol. The summed E-state index contributed by atoms with van der Waals surface area (Å²) in [4.78, 5) is 23.6. The summed E-state index contributed by atoms with van der Waals surface area (Å²) in [6.07, 6.45) is 19.9. The van der Waals surface area contributed by atoms with Gasteiger partial charge in [-0.1, -0.05) is 18.2 Å². The molecule has 1 aliphatic rings. The number of Topliss-reactive ketones (excluding diaryl/α,β-unsaturated/α-hetero) is 1. The van der Waals surface area contributed by atoms with Crippen molar-refractivity contribution in [2.45, 2.75) is 26.3 Å². The Balaban J connectivity index is 0.00000578. The van der Waals surface area contributed by atoms with Gasteiger partial charge in [0, 0.05) is 43.1 Å². The van der Waals surface area contributed by atoms with Gasteiger partial charge in [-0.3, -0.25) is 9.59 Å². The Morgan fingerprint density at radius 2 is 1.74 bits per heavy atom. The maximum atomic E-state index is 11.1. The molecule has 0 fully saturated rings. The van der Waals surface area contributed by atoms with Gasteiger partial charge in [0.05, 0.1) is 23.3 Å². The van der Waals surface area contributed by atoms with Crippen LogP contribution in [-0.2, 0) is 16.1 Å². The largest absolute Gasteiger partial charge is 1.00 e. The lowest BCUT2D eigenvalue weighted by atomic mass is 10.1. The van der Waals surface area contributed by atoms with Crippen molar-refractivity contribution in [1.29, 1.82) is 10.5 Å². The fourth-order valence-corrected chi connectivity index (χ4v) is 2.85. The number of hydrogen-bond acceptors (Lipinski definition) is 5. The molecule has 0 saturated carbocycles. The number of carbonyl (C=O) groups excluding carboxylic acids is 1. The highest BCUT2D eigenvalue weighted by Gasteiger charge is 2.07.